The number of amides is 2. The quantitative estimate of drug-likeness (QED) is 0.718. The Labute approximate surface area is 159 Å². The highest BCUT2D eigenvalue weighted by Crippen LogP contribution is 2.32. The zero-order valence-electron chi connectivity index (χ0n) is 14.7. The summed E-state index contributed by atoms with van der Waals surface area (Å²) in [5, 5.41) is 7.52. The third-order valence-electron chi connectivity index (χ3n) is 4.15. The molecule has 3 aromatic rings. The van der Waals surface area contributed by atoms with Crippen molar-refractivity contribution in [3.8, 4) is 16.5 Å². The summed E-state index contributed by atoms with van der Waals surface area (Å²) < 4.78 is 11.2. The largest absolute Gasteiger partial charge is 0.479 e. The van der Waals surface area contributed by atoms with Crippen LogP contribution in [0.25, 0.3) is 10.8 Å². The first-order valence-electron chi connectivity index (χ1n) is 8.41. The number of ether oxygens (including phenoxy) is 1. The van der Waals surface area contributed by atoms with Crippen molar-refractivity contribution in [2.45, 2.75) is 26.4 Å². The second kappa shape index (κ2) is 6.88. The summed E-state index contributed by atoms with van der Waals surface area (Å²) in [6.07, 6.45) is -0.442. The molecule has 2 aromatic heterocycles. The summed E-state index contributed by atoms with van der Waals surface area (Å²) in [6.45, 7) is 3.47. The van der Waals surface area contributed by atoms with Crippen molar-refractivity contribution in [1.82, 2.24) is 4.98 Å². The first-order chi connectivity index (χ1) is 13.0. The maximum Gasteiger partial charge on any atom is 0.265 e. The molecule has 0 radical (unpaired) electrons. The number of hydrogen-bond donors (Lipinski definition) is 2. The van der Waals surface area contributed by atoms with Crippen LogP contribution in [0.5, 0.6) is 5.75 Å². The number of rotatable bonds is 4. The van der Waals surface area contributed by atoms with Crippen LogP contribution in [0.2, 0.25) is 0 Å². The van der Waals surface area contributed by atoms with E-state index in [1.807, 2.05) is 17.5 Å². The van der Waals surface area contributed by atoms with Gasteiger partial charge in [0.15, 0.2) is 6.10 Å². The van der Waals surface area contributed by atoms with Gasteiger partial charge in [-0.3, -0.25) is 9.59 Å². The van der Waals surface area contributed by atoms with Crippen LogP contribution in [0.15, 0.2) is 40.1 Å². The van der Waals surface area contributed by atoms with Crippen molar-refractivity contribution >= 4 is 34.5 Å². The maximum absolute atomic E-state index is 12.4. The van der Waals surface area contributed by atoms with E-state index in [2.05, 4.69) is 15.6 Å². The van der Waals surface area contributed by atoms with Crippen molar-refractivity contribution in [2.24, 2.45) is 0 Å². The number of fused-ring (bicyclic) bond motifs is 1. The van der Waals surface area contributed by atoms with Gasteiger partial charge in [0.25, 0.3) is 5.91 Å². The van der Waals surface area contributed by atoms with E-state index in [1.165, 1.54) is 11.3 Å². The maximum atomic E-state index is 12.4. The van der Waals surface area contributed by atoms with E-state index in [1.54, 1.807) is 32.0 Å². The van der Waals surface area contributed by atoms with E-state index in [4.69, 9.17) is 9.15 Å². The fourth-order valence-corrected chi connectivity index (χ4v) is 3.39. The Morgan fingerprint density at radius 2 is 2.22 bits per heavy atom. The molecule has 1 atom stereocenters. The molecule has 0 fully saturated rings. The number of thiophene rings is 1. The van der Waals surface area contributed by atoms with Gasteiger partial charge in [0.2, 0.25) is 11.8 Å². The lowest BCUT2D eigenvalue weighted by Gasteiger charge is -2.23. The molecule has 138 valence electrons. The Bertz CT molecular complexity index is 1010. The molecule has 1 aromatic carbocycles. The van der Waals surface area contributed by atoms with Crippen molar-refractivity contribution in [3.05, 3.63) is 47.2 Å². The normalized spacial score (nSPS) is 15.6. The fourth-order valence-electron chi connectivity index (χ4n) is 2.74. The predicted molar refractivity (Wildman–Crippen MR) is 102 cm³/mol. The lowest BCUT2D eigenvalue weighted by atomic mass is 10.2. The number of aromatic nitrogens is 1. The predicted octanol–water partition coefficient (Wildman–Crippen LogP) is 3.61. The zero-order valence-corrected chi connectivity index (χ0v) is 15.6. The van der Waals surface area contributed by atoms with Crippen LogP contribution >= 0.6 is 11.3 Å². The van der Waals surface area contributed by atoms with E-state index in [0.717, 1.165) is 4.88 Å². The molecule has 0 saturated heterocycles. The minimum Gasteiger partial charge on any atom is -0.479 e. The number of aryl methyl sites for hydroxylation is 1. The molecule has 2 N–H and O–H groups in total. The summed E-state index contributed by atoms with van der Waals surface area (Å²) in [6, 6.07) is 8.96. The monoisotopic (exact) mass is 383 g/mol. The zero-order chi connectivity index (χ0) is 19.0. The van der Waals surface area contributed by atoms with Crippen molar-refractivity contribution in [1.29, 1.82) is 0 Å². The first-order valence-corrected chi connectivity index (χ1v) is 9.29. The number of anilines is 2. The second-order valence-electron chi connectivity index (χ2n) is 6.18. The van der Waals surface area contributed by atoms with E-state index in [0.29, 0.717) is 34.5 Å². The highest BCUT2D eigenvalue weighted by atomic mass is 32.1. The lowest BCUT2D eigenvalue weighted by Crippen LogP contribution is -2.34. The molecule has 0 spiro atoms. The van der Waals surface area contributed by atoms with Gasteiger partial charge in [-0.15, -0.1) is 11.3 Å². The average Bonchev–Trinajstić information content (AvgIpc) is 3.27. The van der Waals surface area contributed by atoms with Gasteiger partial charge in [-0.25, -0.2) is 4.98 Å². The number of carbonyl (C=O) groups excluding carboxylic acids is 2. The van der Waals surface area contributed by atoms with E-state index in [-0.39, 0.29) is 18.2 Å². The van der Waals surface area contributed by atoms with Crippen LogP contribution in [-0.2, 0) is 16.0 Å². The topological polar surface area (TPSA) is 93.5 Å². The van der Waals surface area contributed by atoms with Crippen molar-refractivity contribution in [2.75, 3.05) is 10.6 Å². The van der Waals surface area contributed by atoms with Gasteiger partial charge in [0, 0.05) is 5.69 Å². The van der Waals surface area contributed by atoms with Crippen molar-refractivity contribution < 1.29 is 18.7 Å². The Balaban J connectivity index is 1.46. The lowest BCUT2D eigenvalue weighted by molar-refractivity contribution is -0.122. The van der Waals surface area contributed by atoms with Gasteiger partial charge >= 0.3 is 0 Å². The minimum absolute atomic E-state index is 0.0949. The Kier molecular flexibility index (Phi) is 4.41. The molecular formula is C19H17N3O4S. The third kappa shape index (κ3) is 3.56. The molecule has 3 heterocycles. The van der Waals surface area contributed by atoms with Gasteiger partial charge in [-0.2, -0.15) is 0 Å². The number of nitrogens with zero attached hydrogens (tertiary/aromatic N) is 1. The standard InChI is InChI=1S/C19H17N3O4S/c1-10-13(22-19(26-10)16-4-3-7-27-16)9-17(23)20-12-5-6-15-14(8-12)21-18(24)11(2)25-15/h3-8,11H,9H2,1-2H3,(H,20,23)(H,21,24). The second-order valence-corrected chi connectivity index (χ2v) is 7.13. The molecular weight excluding hydrogens is 366 g/mol. The highest BCUT2D eigenvalue weighted by Gasteiger charge is 2.24. The first kappa shape index (κ1) is 17.3. The van der Waals surface area contributed by atoms with Gasteiger partial charge in [0.1, 0.15) is 11.5 Å². The van der Waals surface area contributed by atoms with Gasteiger partial charge in [-0.05, 0) is 43.5 Å². The molecule has 2 amide bonds. The molecule has 8 heteroatoms. The average molecular weight is 383 g/mol. The molecule has 7 nitrogen and oxygen atoms in total. The number of oxazole rings is 1. The summed E-state index contributed by atoms with van der Waals surface area (Å²) >= 11 is 1.53. The van der Waals surface area contributed by atoms with Crippen LogP contribution < -0.4 is 15.4 Å². The Morgan fingerprint density at radius 3 is 3.00 bits per heavy atom. The SMILES string of the molecule is Cc1oc(-c2cccs2)nc1CC(=O)Nc1ccc2c(c1)NC(=O)C(C)O2. The van der Waals surface area contributed by atoms with E-state index >= 15 is 0 Å². The van der Waals surface area contributed by atoms with Crippen molar-refractivity contribution in [3.63, 3.8) is 0 Å². The summed E-state index contributed by atoms with van der Waals surface area (Å²) in [5.41, 5.74) is 1.70. The van der Waals surface area contributed by atoms with E-state index < -0.39 is 6.10 Å². The molecule has 0 aliphatic carbocycles. The molecule has 1 aliphatic rings. The van der Waals surface area contributed by atoms with Gasteiger partial charge in [-0.1, -0.05) is 6.07 Å². The summed E-state index contributed by atoms with van der Waals surface area (Å²) in [7, 11) is 0. The Morgan fingerprint density at radius 1 is 1.37 bits per heavy atom. The molecule has 0 bridgehead atoms. The molecule has 1 aliphatic heterocycles. The summed E-state index contributed by atoms with van der Waals surface area (Å²) in [4.78, 5) is 29.5. The molecule has 0 saturated carbocycles. The third-order valence-corrected chi connectivity index (χ3v) is 5.00. The van der Waals surface area contributed by atoms with Crippen LogP contribution in [0.3, 0.4) is 0 Å². The number of nitrogens with one attached hydrogen (secondary N) is 2. The number of benzene rings is 1. The molecule has 4 rings (SSSR count). The van der Waals surface area contributed by atoms with Crippen LogP contribution in [-0.4, -0.2) is 22.9 Å². The molecule has 27 heavy (non-hydrogen) atoms. The summed E-state index contributed by atoms with van der Waals surface area (Å²) in [5.74, 6) is 1.28. The highest BCUT2D eigenvalue weighted by molar-refractivity contribution is 7.13. The van der Waals surface area contributed by atoms with Gasteiger partial charge < -0.3 is 19.8 Å². The smallest absolute Gasteiger partial charge is 0.265 e. The van der Waals surface area contributed by atoms with Crippen LogP contribution in [0.4, 0.5) is 11.4 Å². The Hall–Kier alpha value is -3.13. The van der Waals surface area contributed by atoms with E-state index in [9.17, 15) is 9.59 Å². The molecule has 1 unspecified atom stereocenters. The fraction of sp³-hybridized carbons (Fsp3) is 0.211. The van der Waals surface area contributed by atoms with Crippen LogP contribution in [0.1, 0.15) is 18.4 Å². The number of carbonyl (C=O) groups is 2. The van der Waals surface area contributed by atoms with Gasteiger partial charge in [0.05, 0.1) is 22.7 Å². The number of hydrogen-bond acceptors (Lipinski definition) is 6. The van der Waals surface area contributed by atoms with Crippen LogP contribution in [0, 0.1) is 6.92 Å². The minimum atomic E-state index is -0.536.